The van der Waals surface area contributed by atoms with Crippen molar-refractivity contribution in [1.82, 2.24) is 10.8 Å². The van der Waals surface area contributed by atoms with Crippen LogP contribution in [0, 0.1) is 0 Å². The predicted molar refractivity (Wildman–Crippen MR) is 72.6 cm³/mol. The quantitative estimate of drug-likeness (QED) is 0.808. The number of amides is 2. The number of rotatable bonds is 4. The largest absolute Gasteiger partial charge is 0.343 e. The third-order valence-electron chi connectivity index (χ3n) is 2.64. The Kier molecular flexibility index (Phi) is 5.06. The van der Waals surface area contributed by atoms with Gasteiger partial charge in [-0.2, -0.15) is 0 Å². The summed E-state index contributed by atoms with van der Waals surface area (Å²) in [5, 5.41) is 2.51. The monoisotopic (exact) mass is 264 g/mol. The van der Waals surface area contributed by atoms with Crippen LogP contribution in [0.25, 0.3) is 0 Å². The molecule has 104 valence electrons. The zero-order valence-corrected chi connectivity index (χ0v) is 11.7. The second kappa shape index (κ2) is 6.33. The molecule has 1 rings (SSSR count). The number of benzene rings is 1. The molecule has 5 heteroatoms. The normalized spacial score (nSPS) is 10.9. The highest BCUT2D eigenvalue weighted by Gasteiger charge is 2.14. The number of nitrogens with one attached hydrogen (secondary N) is 2. The Labute approximate surface area is 113 Å². The summed E-state index contributed by atoms with van der Waals surface area (Å²) in [4.78, 5) is 27.3. The molecule has 0 aliphatic carbocycles. The molecular formula is C14H20N2O3. The van der Waals surface area contributed by atoms with Gasteiger partial charge in [-0.25, -0.2) is 5.48 Å². The van der Waals surface area contributed by atoms with Gasteiger partial charge in [0, 0.05) is 5.56 Å². The molecule has 0 saturated heterocycles. The van der Waals surface area contributed by atoms with Gasteiger partial charge in [-0.1, -0.05) is 32.9 Å². The minimum absolute atomic E-state index is 0.0490. The first kappa shape index (κ1) is 15.2. The van der Waals surface area contributed by atoms with E-state index >= 15 is 0 Å². The van der Waals surface area contributed by atoms with Crippen molar-refractivity contribution in [2.45, 2.75) is 26.2 Å². The summed E-state index contributed by atoms with van der Waals surface area (Å²) < 4.78 is 0. The van der Waals surface area contributed by atoms with Gasteiger partial charge >= 0.3 is 0 Å². The average Bonchev–Trinajstić information content (AvgIpc) is 2.35. The second-order valence-corrected chi connectivity index (χ2v) is 5.24. The van der Waals surface area contributed by atoms with E-state index in [4.69, 9.17) is 0 Å². The van der Waals surface area contributed by atoms with Crippen molar-refractivity contribution in [3.05, 3.63) is 35.4 Å². The van der Waals surface area contributed by atoms with Crippen LogP contribution < -0.4 is 10.8 Å². The molecule has 0 aliphatic rings. The van der Waals surface area contributed by atoms with E-state index in [0.29, 0.717) is 5.56 Å². The van der Waals surface area contributed by atoms with Crippen molar-refractivity contribution in [3.63, 3.8) is 0 Å². The minimum Gasteiger partial charge on any atom is -0.343 e. The Morgan fingerprint density at radius 2 is 1.74 bits per heavy atom. The molecule has 0 heterocycles. The molecule has 0 fully saturated rings. The van der Waals surface area contributed by atoms with Gasteiger partial charge in [-0.3, -0.25) is 14.4 Å². The Morgan fingerprint density at radius 3 is 2.21 bits per heavy atom. The summed E-state index contributed by atoms with van der Waals surface area (Å²) >= 11 is 0. The van der Waals surface area contributed by atoms with Crippen LogP contribution >= 0.6 is 0 Å². The van der Waals surface area contributed by atoms with Crippen LogP contribution in [0.3, 0.4) is 0 Å². The van der Waals surface area contributed by atoms with Crippen LogP contribution in [0.4, 0.5) is 0 Å². The highest BCUT2D eigenvalue weighted by atomic mass is 16.6. The summed E-state index contributed by atoms with van der Waals surface area (Å²) in [7, 11) is 1.34. The second-order valence-electron chi connectivity index (χ2n) is 5.24. The molecule has 0 saturated carbocycles. The standard InChI is InChI=1S/C14H20N2O3/c1-14(2,3)11-7-5-10(6-8-11)13(18)15-9-12(17)16-19-4/h5-8H,9H2,1-4H3,(H,15,18)(H,16,17). The van der Waals surface area contributed by atoms with Crippen molar-refractivity contribution in [2.75, 3.05) is 13.7 Å². The van der Waals surface area contributed by atoms with Gasteiger partial charge in [-0.05, 0) is 23.1 Å². The fourth-order valence-electron chi connectivity index (χ4n) is 1.53. The third kappa shape index (κ3) is 4.71. The molecule has 1 aromatic rings. The zero-order chi connectivity index (χ0) is 14.5. The molecule has 5 nitrogen and oxygen atoms in total. The van der Waals surface area contributed by atoms with E-state index in [2.05, 4.69) is 36.4 Å². The van der Waals surface area contributed by atoms with E-state index < -0.39 is 5.91 Å². The Bertz CT molecular complexity index is 447. The summed E-state index contributed by atoms with van der Waals surface area (Å²) in [6.07, 6.45) is 0. The Hall–Kier alpha value is -1.88. The first-order chi connectivity index (χ1) is 8.84. The molecule has 0 spiro atoms. The van der Waals surface area contributed by atoms with E-state index in [1.165, 1.54) is 7.11 Å². The number of hydrogen-bond donors (Lipinski definition) is 2. The van der Waals surface area contributed by atoms with Gasteiger partial charge in [0.2, 0.25) is 0 Å². The van der Waals surface area contributed by atoms with Gasteiger partial charge in [0.15, 0.2) is 0 Å². The molecule has 0 aliphatic heterocycles. The maximum Gasteiger partial charge on any atom is 0.262 e. The van der Waals surface area contributed by atoms with E-state index in [0.717, 1.165) is 5.56 Å². The summed E-state index contributed by atoms with van der Waals surface area (Å²) in [6.45, 7) is 6.21. The van der Waals surface area contributed by atoms with Crippen molar-refractivity contribution in [2.24, 2.45) is 0 Å². The summed E-state index contributed by atoms with van der Waals surface area (Å²) in [6, 6.07) is 7.35. The van der Waals surface area contributed by atoms with Gasteiger partial charge in [0.05, 0.1) is 13.7 Å². The Balaban J connectivity index is 2.61. The number of hydroxylamine groups is 1. The van der Waals surface area contributed by atoms with Gasteiger partial charge in [0.1, 0.15) is 0 Å². The fraction of sp³-hybridized carbons (Fsp3) is 0.429. The maximum atomic E-state index is 11.8. The molecule has 0 bridgehead atoms. The third-order valence-corrected chi connectivity index (χ3v) is 2.64. The lowest BCUT2D eigenvalue weighted by molar-refractivity contribution is -0.130. The van der Waals surface area contributed by atoms with Gasteiger partial charge < -0.3 is 5.32 Å². The first-order valence-corrected chi connectivity index (χ1v) is 6.05. The van der Waals surface area contributed by atoms with Crippen LogP contribution in [0.2, 0.25) is 0 Å². The molecule has 0 aromatic heterocycles. The predicted octanol–water partition coefficient (Wildman–Crippen LogP) is 1.39. The molecule has 0 atom stereocenters. The van der Waals surface area contributed by atoms with Crippen LogP contribution in [-0.2, 0) is 15.0 Å². The zero-order valence-electron chi connectivity index (χ0n) is 11.7. The molecule has 2 N–H and O–H groups in total. The summed E-state index contributed by atoms with van der Waals surface area (Å²) in [5.74, 6) is -0.686. The van der Waals surface area contributed by atoms with Crippen molar-refractivity contribution in [3.8, 4) is 0 Å². The minimum atomic E-state index is -0.401. The number of carbonyl (C=O) groups excluding carboxylic acids is 2. The fourth-order valence-corrected chi connectivity index (χ4v) is 1.53. The molecule has 1 aromatic carbocycles. The highest BCUT2D eigenvalue weighted by Crippen LogP contribution is 2.22. The van der Waals surface area contributed by atoms with Gasteiger partial charge in [0.25, 0.3) is 11.8 Å². The average molecular weight is 264 g/mol. The van der Waals surface area contributed by atoms with Crippen LogP contribution in [0.1, 0.15) is 36.7 Å². The Morgan fingerprint density at radius 1 is 1.16 bits per heavy atom. The van der Waals surface area contributed by atoms with Crippen LogP contribution in [-0.4, -0.2) is 25.5 Å². The lowest BCUT2D eigenvalue weighted by Crippen LogP contribution is -2.36. The van der Waals surface area contributed by atoms with Crippen LogP contribution in [0.15, 0.2) is 24.3 Å². The molecular weight excluding hydrogens is 244 g/mol. The lowest BCUT2D eigenvalue weighted by Gasteiger charge is -2.19. The van der Waals surface area contributed by atoms with E-state index in [1.54, 1.807) is 12.1 Å². The maximum absolute atomic E-state index is 11.8. The smallest absolute Gasteiger partial charge is 0.262 e. The van der Waals surface area contributed by atoms with E-state index in [1.807, 2.05) is 12.1 Å². The van der Waals surface area contributed by atoms with Crippen molar-refractivity contribution >= 4 is 11.8 Å². The van der Waals surface area contributed by atoms with Crippen LogP contribution in [0.5, 0.6) is 0 Å². The molecule has 0 radical (unpaired) electrons. The lowest BCUT2D eigenvalue weighted by atomic mass is 9.87. The molecule has 0 unspecified atom stereocenters. The van der Waals surface area contributed by atoms with Crippen molar-refractivity contribution in [1.29, 1.82) is 0 Å². The van der Waals surface area contributed by atoms with Crippen molar-refractivity contribution < 1.29 is 14.4 Å². The van der Waals surface area contributed by atoms with Gasteiger partial charge in [-0.15, -0.1) is 0 Å². The number of carbonyl (C=O) groups is 2. The molecule has 2 amide bonds. The van der Waals surface area contributed by atoms with E-state index in [-0.39, 0.29) is 17.9 Å². The topological polar surface area (TPSA) is 67.4 Å². The number of hydrogen-bond acceptors (Lipinski definition) is 3. The first-order valence-electron chi connectivity index (χ1n) is 6.05. The highest BCUT2D eigenvalue weighted by molar-refractivity contribution is 5.96. The van der Waals surface area contributed by atoms with E-state index in [9.17, 15) is 9.59 Å². The molecule has 19 heavy (non-hydrogen) atoms. The SMILES string of the molecule is CONC(=O)CNC(=O)c1ccc(C(C)(C)C)cc1. The summed E-state index contributed by atoms with van der Waals surface area (Å²) in [5.41, 5.74) is 3.86.